The average molecular weight is 433 g/mol. The Balaban J connectivity index is 1.76. The zero-order valence-corrected chi connectivity index (χ0v) is 17.6. The van der Waals surface area contributed by atoms with Crippen LogP contribution in [0.3, 0.4) is 0 Å². The van der Waals surface area contributed by atoms with Gasteiger partial charge in [-0.3, -0.25) is 9.79 Å². The monoisotopic (exact) mass is 432 g/mol. The van der Waals surface area contributed by atoms with Crippen LogP contribution in [0.15, 0.2) is 39.8 Å². The number of benzene rings is 1. The zero-order chi connectivity index (χ0) is 18.4. The molecule has 3 rings (SSSR count). The Kier molecular flexibility index (Phi) is 7.03. The van der Waals surface area contributed by atoms with E-state index in [1.54, 1.807) is 11.3 Å². The van der Waals surface area contributed by atoms with Gasteiger partial charge in [0, 0.05) is 20.5 Å². The van der Waals surface area contributed by atoms with Crippen molar-refractivity contribution < 1.29 is 4.79 Å². The molecule has 1 amide bonds. The number of fused-ring (bicyclic) bond motifs is 1. The summed E-state index contributed by atoms with van der Waals surface area (Å²) in [4.78, 5) is 18.0. The molecule has 1 aromatic heterocycles. The third-order valence-electron chi connectivity index (χ3n) is 4.58. The predicted molar refractivity (Wildman–Crippen MR) is 115 cm³/mol. The first-order valence-electron chi connectivity index (χ1n) is 9.41. The fourth-order valence-electron chi connectivity index (χ4n) is 3.20. The highest BCUT2D eigenvalue weighted by molar-refractivity contribution is 9.10. The number of aryl methyl sites for hydroxylation is 1. The molecule has 26 heavy (non-hydrogen) atoms. The molecule has 0 radical (unpaired) electrons. The van der Waals surface area contributed by atoms with Crippen LogP contribution < -0.4 is 5.32 Å². The van der Waals surface area contributed by atoms with E-state index < -0.39 is 0 Å². The molecule has 0 saturated carbocycles. The summed E-state index contributed by atoms with van der Waals surface area (Å²) in [6, 6.07) is 10.3. The van der Waals surface area contributed by atoms with E-state index in [-0.39, 0.29) is 12.5 Å². The van der Waals surface area contributed by atoms with Gasteiger partial charge in [0.25, 0.3) is 0 Å². The topological polar surface area (TPSA) is 41.5 Å². The summed E-state index contributed by atoms with van der Waals surface area (Å²) in [5, 5.41) is 3.96. The Labute approximate surface area is 168 Å². The molecule has 3 nitrogen and oxygen atoms in total. The van der Waals surface area contributed by atoms with Crippen molar-refractivity contribution in [3.8, 4) is 0 Å². The number of halogens is 1. The average Bonchev–Trinajstić information content (AvgIpc) is 2.95. The lowest BCUT2D eigenvalue weighted by Crippen LogP contribution is -2.12. The summed E-state index contributed by atoms with van der Waals surface area (Å²) >= 11 is 5.32. The van der Waals surface area contributed by atoms with Crippen molar-refractivity contribution in [2.75, 3.05) is 11.9 Å². The SMILES string of the molecule is CCCCCCCCc1cc2c(s1)NC(=O)CN=C2c1ccccc1Br. The first-order chi connectivity index (χ1) is 12.7. The van der Waals surface area contributed by atoms with Crippen LogP contribution in [0.2, 0.25) is 0 Å². The number of carbonyl (C=O) groups excluding carboxylic acids is 1. The lowest BCUT2D eigenvalue weighted by molar-refractivity contribution is -0.114. The lowest BCUT2D eigenvalue weighted by Gasteiger charge is -2.07. The Hall–Kier alpha value is -1.46. The van der Waals surface area contributed by atoms with Crippen LogP contribution >= 0.6 is 27.3 Å². The van der Waals surface area contributed by atoms with Crippen LogP contribution in [0.1, 0.15) is 61.5 Å². The number of thiophene rings is 1. The van der Waals surface area contributed by atoms with Gasteiger partial charge in [0.1, 0.15) is 11.5 Å². The van der Waals surface area contributed by atoms with Crippen molar-refractivity contribution in [3.05, 3.63) is 50.8 Å². The third-order valence-corrected chi connectivity index (χ3v) is 6.38. The molecule has 0 atom stereocenters. The molecule has 5 heteroatoms. The molecule has 1 aromatic carbocycles. The van der Waals surface area contributed by atoms with Gasteiger partial charge in [-0.05, 0) is 25.0 Å². The number of nitrogens with zero attached hydrogens (tertiary/aromatic N) is 1. The summed E-state index contributed by atoms with van der Waals surface area (Å²) in [5.41, 5.74) is 2.99. The Bertz CT molecular complexity index is 797. The quantitative estimate of drug-likeness (QED) is 0.495. The molecular weight excluding hydrogens is 408 g/mol. The maximum atomic E-state index is 12.1. The molecule has 1 aliphatic rings. The van der Waals surface area contributed by atoms with E-state index in [1.807, 2.05) is 24.3 Å². The van der Waals surface area contributed by atoms with E-state index in [0.29, 0.717) is 0 Å². The van der Waals surface area contributed by atoms with E-state index in [2.05, 4.69) is 39.2 Å². The van der Waals surface area contributed by atoms with E-state index >= 15 is 0 Å². The molecule has 1 N–H and O–H groups in total. The molecule has 0 fully saturated rings. The van der Waals surface area contributed by atoms with Gasteiger partial charge in [-0.25, -0.2) is 0 Å². The highest BCUT2D eigenvalue weighted by Crippen LogP contribution is 2.34. The third kappa shape index (κ3) is 4.83. The van der Waals surface area contributed by atoms with Crippen molar-refractivity contribution in [2.45, 2.75) is 51.9 Å². The molecule has 0 aliphatic carbocycles. The van der Waals surface area contributed by atoms with Crippen molar-refractivity contribution in [3.63, 3.8) is 0 Å². The summed E-state index contributed by atoms with van der Waals surface area (Å²) in [6.07, 6.45) is 8.84. The van der Waals surface area contributed by atoms with Gasteiger partial charge < -0.3 is 5.32 Å². The van der Waals surface area contributed by atoms with Gasteiger partial charge in [-0.1, -0.05) is 73.2 Å². The minimum absolute atomic E-state index is 0.0405. The van der Waals surface area contributed by atoms with Crippen molar-refractivity contribution >= 4 is 43.9 Å². The van der Waals surface area contributed by atoms with E-state index in [4.69, 9.17) is 0 Å². The van der Waals surface area contributed by atoms with Crippen molar-refractivity contribution in [1.29, 1.82) is 0 Å². The van der Waals surface area contributed by atoms with Gasteiger partial charge >= 0.3 is 0 Å². The second-order valence-electron chi connectivity index (χ2n) is 6.67. The number of rotatable bonds is 8. The second-order valence-corrected chi connectivity index (χ2v) is 8.66. The molecule has 0 unspecified atom stereocenters. The first-order valence-corrected chi connectivity index (χ1v) is 11.0. The van der Waals surface area contributed by atoms with Gasteiger partial charge in [0.05, 0.1) is 5.71 Å². The maximum absolute atomic E-state index is 12.1. The van der Waals surface area contributed by atoms with Crippen LogP contribution in [0.4, 0.5) is 5.00 Å². The molecule has 1 aliphatic heterocycles. The standard InChI is InChI=1S/C21H25BrN2OS/c1-2-3-4-5-6-7-10-15-13-17-20(16-11-8-9-12-18(16)22)23-14-19(25)24-21(17)26-15/h8-9,11-13H,2-7,10,14H2,1H3,(H,24,25). The maximum Gasteiger partial charge on any atom is 0.246 e. The highest BCUT2D eigenvalue weighted by atomic mass is 79.9. The van der Waals surface area contributed by atoms with Gasteiger partial charge in [-0.15, -0.1) is 11.3 Å². The fourth-order valence-corrected chi connectivity index (χ4v) is 4.79. The number of amides is 1. The summed E-state index contributed by atoms with van der Waals surface area (Å²) in [5.74, 6) is -0.0405. The largest absolute Gasteiger partial charge is 0.316 e. The van der Waals surface area contributed by atoms with E-state index in [0.717, 1.165) is 32.7 Å². The Morgan fingerprint density at radius 3 is 2.69 bits per heavy atom. The smallest absolute Gasteiger partial charge is 0.246 e. The van der Waals surface area contributed by atoms with Gasteiger partial charge in [-0.2, -0.15) is 0 Å². The number of unbranched alkanes of at least 4 members (excludes halogenated alkanes) is 5. The Morgan fingerprint density at radius 1 is 1.12 bits per heavy atom. The summed E-state index contributed by atoms with van der Waals surface area (Å²) < 4.78 is 1.00. The predicted octanol–water partition coefficient (Wildman–Crippen LogP) is 6.20. The molecule has 2 heterocycles. The second kappa shape index (κ2) is 9.47. The lowest BCUT2D eigenvalue weighted by atomic mass is 10.0. The number of hydrogen-bond donors (Lipinski definition) is 1. The Morgan fingerprint density at radius 2 is 1.88 bits per heavy atom. The zero-order valence-electron chi connectivity index (χ0n) is 15.2. The number of anilines is 1. The molecule has 0 saturated heterocycles. The highest BCUT2D eigenvalue weighted by Gasteiger charge is 2.22. The molecule has 2 aromatic rings. The number of carbonyl (C=O) groups is 1. The van der Waals surface area contributed by atoms with Gasteiger partial charge in [0.2, 0.25) is 5.91 Å². The fraction of sp³-hybridized carbons (Fsp3) is 0.429. The number of hydrogen-bond acceptors (Lipinski definition) is 3. The number of nitrogens with one attached hydrogen (secondary N) is 1. The van der Waals surface area contributed by atoms with Gasteiger partial charge in [0.15, 0.2) is 0 Å². The van der Waals surface area contributed by atoms with Crippen molar-refractivity contribution in [2.24, 2.45) is 4.99 Å². The van der Waals surface area contributed by atoms with Crippen LogP contribution in [-0.2, 0) is 11.2 Å². The molecule has 0 bridgehead atoms. The molecule has 138 valence electrons. The minimum Gasteiger partial charge on any atom is -0.316 e. The van der Waals surface area contributed by atoms with Crippen LogP contribution in [0, 0.1) is 0 Å². The van der Waals surface area contributed by atoms with E-state index in [9.17, 15) is 4.79 Å². The van der Waals surface area contributed by atoms with E-state index in [1.165, 1.54) is 43.4 Å². The molecular formula is C21H25BrN2OS. The van der Waals surface area contributed by atoms with Crippen LogP contribution in [0.5, 0.6) is 0 Å². The summed E-state index contributed by atoms with van der Waals surface area (Å²) in [7, 11) is 0. The normalized spacial score (nSPS) is 13.8. The van der Waals surface area contributed by atoms with Crippen LogP contribution in [0.25, 0.3) is 0 Å². The minimum atomic E-state index is -0.0405. The van der Waals surface area contributed by atoms with Crippen molar-refractivity contribution in [1.82, 2.24) is 0 Å². The summed E-state index contributed by atoms with van der Waals surface area (Å²) in [6.45, 7) is 2.42. The first kappa shape index (κ1) is 19.3. The van der Waals surface area contributed by atoms with Crippen LogP contribution in [-0.4, -0.2) is 18.2 Å². The molecule has 0 spiro atoms. The number of aliphatic imine (C=N–C) groups is 1.